The lowest BCUT2D eigenvalue weighted by Gasteiger charge is -2.09. The van der Waals surface area contributed by atoms with Crippen LogP contribution in [0.5, 0.6) is 11.5 Å². The van der Waals surface area contributed by atoms with Crippen molar-refractivity contribution in [1.29, 1.82) is 0 Å². The van der Waals surface area contributed by atoms with Gasteiger partial charge in [0.1, 0.15) is 11.5 Å². The Bertz CT molecular complexity index is 508. The normalized spacial score (nSPS) is 10.2. The molecule has 0 saturated heterocycles. The highest BCUT2D eigenvalue weighted by molar-refractivity contribution is 5.67. The van der Waals surface area contributed by atoms with Gasteiger partial charge in [0.15, 0.2) is 0 Å². The first-order chi connectivity index (χ1) is 8.62. The maximum absolute atomic E-state index is 5.24. The van der Waals surface area contributed by atoms with Gasteiger partial charge >= 0.3 is 0 Å². The highest BCUT2D eigenvalue weighted by Gasteiger charge is 2.05. The van der Waals surface area contributed by atoms with Gasteiger partial charge in [-0.05, 0) is 48.2 Å². The molecule has 0 aliphatic rings. The zero-order valence-corrected chi connectivity index (χ0v) is 11.1. The number of methoxy groups -OCH3 is 2. The molecule has 0 unspecified atom stereocenters. The van der Waals surface area contributed by atoms with Crippen molar-refractivity contribution in [2.24, 2.45) is 0 Å². The maximum atomic E-state index is 5.24. The van der Waals surface area contributed by atoms with Crippen molar-refractivity contribution in [1.82, 2.24) is 0 Å². The van der Waals surface area contributed by atoms with Crippen LogP contribution in [-0.4, -0.2) is 14.2 Å². The van der Waals surface area contributed by atoms with Gasteiger partial charge in [-0.1, -0.05) is 12.1 Å². The molecule has 0 heterocycles. The molecule has 0 N–H and O–H groups in total. The van der Waals surface area contributed by atoms with Gasteiger partial charge in [-0.15, -0.1) is 0 Å². The molecule has 18 heavy (non-hydrogen) atoms. The standard InChI is InChI=1S/C16H16O2/c1-11-5-13(9-15(7-11)17-3)14-6-12(2)8-16(10-14)18-4/h5-8H,1-4H3. The van der Waals surface area contributed by atoms with E-state index in [-0.39, 0.29) is 0 Å². The SMILES string of the molecule is COc1[c]c(-c2[c]c(OC)cc(C)c2)cc(C)c1. The summed E-state index contributed by atoms with van der Waals surface area (Å²) in [5.74, 6) is 1.47. The van der Waals surface area contributed by atoms with Gasteiger partial charge in [-0.3, -0.25) is 0 Å². The molecule has 92 valence electrons. The smallest absolute Gasteiger partial charge is 0.127 e. The molecule has 2 rings (SSSR count). The van der Waals surface area contributed by atoms with Crippen molar-refractivity contribution in [3.63, 3.8) is 0 Å². The van der Waals surface area contributed by atoms with Gasteiger partial charge in [0.25, 0.3) is 0 Å². The van der Waals surface area contributed by atoms with Crippen molar-refractivity contribution in [2.45, 2.75) is 13.8 Å². The summed E-state index contributed by atoms with van der Waals surface area (Å²) in [6, 6.07) is 14.5. The zero-order chi connectivity index (χ0) is 13.1. The predicted octanol–water partition coefficient (Wildman–Crippen LogP) is 3.59. The Morgan fingerprint density at radius 1 is 0.722 bits per heavy atom. The molecule has 0 atom stereocenters. The number of ether oxygens (including phenoxy) is 2. The van der Waals surface area contributed by atoms with E-state index >= 15 is 0 Å². The van der Waals surface area contributed by atoms with Crippen LogP contribution in [-0.2, 0) is 0 Å². The molecule has 0 saturated carbocycles. The molecule has 0 spiro atoms. The molecule has 2 radical (unpaired) electrons. The van der Waals surface area contributed by atoms with Crippen molar-refractivity contribution >= 4 is 0 Å². The van der Waals surface area contributed by atoms with E-state index < -0.39 is 0 Å². The Labute approximate surface area is 108 Å². The van der Waals surface area contributed by atoms with E-state index in [1.54, 1.807) is 14.2 Å². The first-order valence-electron chi connectivity index (χ1n) is 5.78. The highest BCUT2D eigenvalue weighted by Crippen LogP contribution is 2.28. The molecular weight excluding hydrogens is 224 g/mol. The van der Waals surface area contributed by atoms with E-state index in [0.29, 0.717) is 0 Å². The van der Waals surface area contributed by atoms with Gasteiger partial charge in [-0.25, -0.2) is 0 Å². The maximum Gasteiger partial charge on any atom is 0.127 e. The fourth-order valence-electron chi connectivity index (χ4n) is 1.87. The second kappa shape index (κ2) is 5.13. The van der Waals surface area contributed by atoms with E-state index in [1.165, 1.54) is 0 Å². The van der Waals surface area contributed by atoms with Crippen LogP contribution in [0.3, 0.4) is 0 Å². The summed E-state index contributed by atoms with van der Waals surface area (Å²) in [5.41, 5.74) is 4.20. The van der Waals surface area contributed by atoms with Crippen LogP contribution in [0.4, 0.5) is 0 Å². The van der Waals surface area contributed by atoms with Gasteiger partial charge in [0.05, 0.1) is 14.2 Å². The van der Waals surface area contributed by atoms with E-state index in [9.17, 15) is 0 Å². The van der Waals surface area contributed by atoms with Crippen molar-refractivity contribution in [2.75, 3.05) is 14.2 Å². The van der Waals surface area contributed by atoms with Crippen molar-refractivity contribution in [3.05, 3.63) is 47.5 Å². The van der Waals surface area contributed by atoms with Crippen LogP contribution in [0, 0.1) is 26.0 Å². The summed E-state index contributed by atoms with van der Waals surface area (Å²) >= 11 is 0. The lowest BCUT2D eigenvalue weighted by atomic mass is 10.0. The quantitative estimate of drug-likeness (QED) is 0.816. The monoisotopic (exact) mass is 240 g/mol. The van der Waals surface area contributed by atoms with Crippen molar-refractivity contribution in [3.8, 4) is 22.6 Å². The van der Waals surface area contributed by atoms with Crippen LogP contribution in [0.1, 0.15) is 11.1 Å². The number of hydrogen-bond acceptors (Lipinski definition) is 2. The molecular formula is C16H16O2. The minimum absolute atomic E-state index is 0.735. The summed E-state index contributed by atoms with van der Waals surface area (Å²) in [5, 5.41) is 0. The molecule has 2 heteroatoms. The molecule has 0 bridgehead atoms. The Kier molecular flexibility index (Phi) is 3.56. The fourth-order valence-corrected chi connectivity index (χ4v) is 1.87. The molecule has 0 aromatic heterocycles. The minimum Gasteiger partial charge on any atom is -0.496 e. The van der Waals surface area contributed by atoms with Crippen molar-refractivity contribution < 1.29 is 9.47 Å². The van der Waals surface area contributed by atoms with Gasteiger partial charge < -0.3 is 9.47 Å². The number of benzene rings is 2. The zero-order valence-electron chi connectivity index (χ0n) is 11.1. The van der Waals surface area contributed by atoms with Crippen LogP contribution in [0.2, 0.25) is 0 Å². The fraction of sp³-hybridized carbons (Fsp3) is 0.250. The average Bonchev–Trinajstić information content (AvgIpc) is 2.37. The summed E-state index contributed by atoms with van der Waals surface area (Å²) in [6.07, 6.45) is 0. The number of hydrogen-bond donors (Lipinski definition) is 0. The molecule has 0 amide bonds. The van der Waals surface area contributed by atoms with Gasteiger partial charge in [0.2, 0.25) is 0 Å². The van der Waals surface area contributed by atoms with Crippen LogP contribution < -0.4 is 9.47 Å². The van der Waals surface area contributed by atoms with Gasteiger partial charge in [-0.2, -0.15) is 0 Å². The second-order valence-corrected chi connectivity index (χ2v) is 4.28. The Morgan fingerprint density at radius 3 is 1.44 bits per heavy atom. The van der Waals surface area contributed by atoms with Crippen LogP contribution in [0.25, 0.3) is 11.1 Å². The Morgan fingerprint density at radius 2 is 1.11 bits per heavy atom. The topological polar surface area (TPSA) is 18.5 Å². The third-order valence-electron chi connectivity index (χ3n) is 2.71. The minimum atomic E-state index is 0.735. The Balaban J connectivity index is 2.53. The molecule has 2 aromatic rings. The summed E-state index contributed by atoms with van der Waals surface area (Å²) in [7, 11) is 3.30. The third kappa shape index (κ3) is 2.65. The molecule has 2 aromatic carbocycles. The lowest BCUT2D eigenvalue weighted by molar-refractivity contribution is 0.413. The average molecular weight is 240 g/mol. The van der Waals surface area contributed by atoms with Crippen LogP contribution >= 0.6 is 0 Å². The summed E-state index contributed by atoms with van der Waals surface area (Å²) in [6.45, 7) is 4.07. The first kappa shape index (κ1) is 12.5. The summed E-state index contributed by atoms with van der Waals surface area (Å²) < 4.78 is 10.5. The van der Waals surface area contributed by atoms with E-state index in [0.717, 1.165) is 33.8 Å². The van der Waals surface area contributed by atoms with E-state index in [4.69, 9.17) is 9.47 Å². The predicted molar refractivity (Wildman–Crippen MR) is 72.1 cm³/mol. The van der Waals surface area contributed by atoms with E-state index in [1.807, 2.05) is 26.0 Å². The summed E-state index contributed by atoms with van der Waals surface area (Å²) in [4.78, 5) is 0. The third-order valence-corrected chi connectivity index (χ3v) is 2.71. The molecule has 0 aliphatic carbocycles. The number of aryl methyl sites for hydroxylation is 2. The lowest BCUT2D eigenvalue weighted by Crippen LogP contribution is -1.90. The largest absolute Gasteiger partial charge is 0.496 e. The molecule has 2 nitrogen and oxygen atoms in total. The highest BCUT2D eigenvalue weighted by atomic mass is 16.5. The molecule has 0 fully saturated rings. The van der Waals surface area contributed by atoms with Gasteiger partial charge in [0, 0.05) is 12.1 Å². The molecule has 0 aliphatic heterocycles. The number of rotatable bonds is 3. The first-order valence-corrected chi connectivity index (χ1v) is 5.78. The van der Waals surface area contributed by atoms with E-state index in [2.05, 4.69) is 24.3 Å². The second-order valence-electron chi connectivity index (χ2n) is 4.28. The Hall–Kier alpha value is -1.96. The van der Waals surface area contributed by atoms with Crippen LogP contribution in [0.15, 0.2) is 24.3 Å².